The molecule has 1 aliphatic rings. The first-order valence-corrected chi connectivity index (χ1v) is 6.64. The molecule has 96 valence electrons. The van der Waals surface area contributed by atoms with Crippen molar-refractivity contribution in [2.75, 3.05) is 19.8 Å². The molecule has 5 heteroatoms. The normalized spacial score (nSPS) is 20.4. The lowest BCUT2D eigenvalue weighted by molar-refractivity contribution is 0.0733. The number of ether oxygens (including phenoxy) is 1. The van der Waals surface area contributed by atoms with Crippen LogP contribution in [0.15, 0.2) is 18.2 Å². The Morgan fingerprint density at radius 3 is 3.17 bits per heavy atom. The largest absolute Gasteiger partial charge is 0.378 e. The fraction of sp³-hybridized carbons (Fsp3) is 0.462. The number of fused-ring (bicyclic) bond motifs is 1. The Morgan fingerprint density at radius 1 is 1.56 bits per heavy atom. The van der Waals surface area contributed by atoms with E-state index in [9.17, 15) is 0 Å². The monoisotopic (exact) mass is 265 g/mol. The van der Waals surface area contributed by atoms with E-state index in [4.69, 9.17) is 21.3 Å². The predicted molar refractivity (Wildman–Crippen MR) is 72.0 cm³/mol. The van der Waals surface area contributed by atoms with Gasteiger partial charge in [-0.15, -0.1) is 0 Å². The van der Waals surface area contributed by atoms with Gasteiger partial charge in [-0.3, -0.25) is 0 Å². The summed E-state index contributed by atoms with van der Waals surface area (Å²) in [5, 5.41) is 4.17. The SMILES string of the molecule is CCn1c(C2COCCN2)nc2cc(Cl)ccc21. The number of halogens is 1. The van der Waals surface area contributed by atoms with E-state index in [-0.39, 0.29) is 6.04 Å². The molecule has 2 aromatic rings. The Bertz CT molecular complexity index is 561. The lowest BCUT2D eigenvalue weighted by Gasteiger charge is -2.23. The average Bonchev–Trinajstić information content (AvgIpc) is 2.77. The lowest BCUT2D eigenvalue weighted by atomic mass is 10.2. The molecule has 1 N–H and O–H groups in total. The Kier molecular flexibility index (Phi) is 3.24. The standard InChI is InChI=1S/C13H16ClN3O/c1-2-17-12-4-3-9(14)7-10(12)16-13(17)11-8-18-6-5-15-11/h3-4,7,11,15H,2,5-6,8H2,1H3. The molecule has 1 aromatic carbocycles. The van der Waals surface area contributed by atoms with Crippen LogP contribution in [0.3, 0.4) is 0 Å². The molecule has 1 aromatic heterocycles. The van der Waals surface area contributed by atoms with E-state index in [1.165, 1.54) is 0 Å². The van der Waals surface area contributed by atoms with Gasteiger partial charge >= 0.3 is 0 Å². The van der Waals surface area contributed by atoms with Gasteiger partial charge < -0.3 is 14.6 Å². The zero-order chi connectivity index (χ0) is 12.5. The average molecular weight is 266 g/mol. The number of imidazole rings is 1. The number of benzene rings is 1. The molecule has 2 heterocycles. The Morgan fingerprint density at radius 2 is 2.44 bits per heavy atom. The topological polar surface area (TPSA) is 39.1 Å². The summed E-state index contributed by atoms with van der Waals surface area (Å²) in [6, 6.07) is 6.02. The van der Waals surface area contributed by atoms with Crippen LogP contribution in [-0.4, -0.2) is 29.3 Å². The van der Waals surface area contributed by atoms with Gasteiger partial charge in [-0.2, -0.15) is 0 Å². The van der Waals surface area contributed by atoms with Crippen molar-refractivity contribution in [3.8, 4) is 0 Å². The smallest absolute Gasteiger partial charge is 0.129 e. The molecule has 1 unspecified atom stereocenters. The third kappa shape index (κ3) is 2.00. The summed E-state index contributed by atoms with van der Waals surface area (Å²) in [5.74, 6) is 1.04. The maximum atomic E-state index is 6.02. The fourth-order valence-electron chi connectivity index (χ4n) is 2.45. The van der Waals surface area contributed by atoms with Gasteiger partial charge in [0.05, 0.1) is 30.3 Å². The first kappa shape index (κ1) is 12.0. The summed E-state index contributed by atoms with van der Waals surface area (Å²) in [4.78, 5) is 4.70. The number of hydrogen-bond acceptors (Lipinski definition) is 3. The van der Waals surface area contributed by atoms with Gasteiger partial charge in [0.15, 0.2) is 0 Å². The molecule has 1 aliphatic heterocycles. The van der Waals surface area contributed by atoms with Crippen LogP contribution >= 0.6 is 11.6 Å². The third-order valence-electron chi connectivity index (χ3n) is 3.29. The summed E-state index contributed by atoms with van der Waals surface area (Å²) in [7, 11) is 0. The minimum absolute atomic E-state index is 0.171. The fourth-order valence-corrected chi connectivity index (χ4v) is 2.62. The summed E-state index contributed by atoms with van der Waals surface area (Å²) < 4.78 is 7.73. The molecule has 0 radical (unpaired) electrons. The molecule has 0 aliphatic carbocycles. The van der Waals surface area contributed by atoms with Gasteiger partial charge in [-0.1, -0.05) is 11.6 Å². The van der Waals surface area contributed by atoms with Crippen molar-refractivity contribution < 1.29 is 4.74 Å². The second-order valence-corrected chi connectivity index (χ2v) is 4.87. The number of morpholine rings is 1. The van der Waals surface area contributed by atoms with Crippen LogP contribution in [0.2, 0.25) is 5.02 Å². The van der Waals surface area contributed by atoms with Crippen molar-refractivity contribution >= 4 is 22.6 Å². The third-order valence-corrected chi connectivity index (χ3v) is 3.52. The van der Waals surface area contributed by atoms with Crippen molar-refractivity contribution in [2.45, 2.75) is 19.5 Å². The minimum atomic E-state index is 0.171. The van der Waals surface area contributed by atoms with Gasteiger partial charge in [0.25, 0.3) is 0 Å². The molecule has 18 heavy (non-hydrogen) atoms. The van der Waals surface area contributed by atoms with E-state index in [0.717, 1.165) is 41.6 Å². The van der Waals surface area contributed by atoms with Crippen LogP contribution in [0, 0.1) is 0 Å². The Labute approximate surface area is 111 Å². The molecule has 0 saturated carbocycles. The van der Waals surface area contributed by atoms with Crippen molar-refractivity contribution in [2.24, 2.45) is 0 Å². The van der Waals surface area contributed by atoms with Gasteiger partial charge in [0, 0.05) is 18.1 Å². The summed E-state index contributed by atoms with van der Waals surface area (Å²) in [5.41, 5.74) is 2.08. The van der Waals surface area contributed by atoms with E-state index in [2.05, 4.69) is 16.8 Å². The first-order chi connectivity index (χ1) is 8.79. The first-order valence-electron chi connectivity index (χ1n) is 6.26. The quantitative estimate of drug-likeness (QED) is 0.906. The molecule has 1 saturated heterocycles. The minimum Gasteiger partial charge on any atom is -0.378 e. The number of nitrogens with zero attached hydrogens (tertiary/aromatic N) is 2. The van der Waals surface area contributed by atoms with E-state index in [0.29, 0.717) is 6.61 Å². The molecule has 1 fully saturated rings. The van der Waals surface area contributed by atoms with Crippen LogP contribution in [-0.2, 0) is 11.3 Å². The van der Waals surface area contributed by atoms with Gasteiger partial charge in [0.1, 0.15) is 5.82 Å². The van der Waals surface area contributed by atoms with E-state index < -0.39 is 0 Å². The molecule has 0 bridgehead atoms. The molecular formula is C13H16ClN3O. The Hall–Kier alpha value is -1.10. The molecule has 0 amide bonds. The van der Waals surface area contributed by atoms with Crippen LogP contribution in [0.25, 0.3) is 11.0 Å². The number of rotatable bonds is 2. The van der Waals surface area contributed by atoms with Crippen LogP contribution in [0.4, 0.5) is 0 Å². The van der Waals surface area contributed by atoms with E-state index in [1.54, 1.807) is 0 Å². The van der Waals surface area contributed by atoms with E-state index in [1.807, 2.05) is 18.2 Å². The molecule has 1 atom stereocenters. The summed E-state index contributed by atoms with van der Waals surface area (Å²) >= 11 is 6.02. The highest BCUT2D eigenvalue weighted by molar-refractivity contribution is 6.31. The second kappa shape index (κ2) is 4.88. The summed E-state index contributed by atoms with van der Waals surface area (Å²) in [6.45, 7) is 5.35. The van der Waals surface area contributed by atoms with Crippen molar-refractivity contribution in [3.05, 3.63) is 29.0 Å². The van der Waals surface area contributed by atoms with Crippen molar-refractivity contribution in [1.82, 2.24) is 14.9 Å². The van der Waals surface area contributed by atoms with Gasteiger partial charge in [0.2, 0.25) is 0 Å². The van der Waals surface area contributed by atoms with Crippen LogP contribution in [0.5, 0.6) is 0 Å². The van der Waals surface area contributed by atoms with E-state index >= 15 is 0 Å². The zero-order valence-electron chi connectivity index (χ0n) is 10.3. The zero-order valence-corrected chi connectivity index (χ0v) is 11.1. The second-order valence-electron chi connectivity index (χ2n) is 4.43. The highest BCUT2D eigenvalue weighted by atomic mass is 35.5. The molecule has 0 spiro atoms. The number of aromatic nitrogens is 2. The van der Waals surface area contributed by atoms with Crippen molar-refractivity contribution in [3.63, 3.8) is 0 Å². The van der Waals surface area contributed by atoms with Crippen LogP contribution < -0.4 is 5.32 Å². The van der Waals surface area contributed by atoms with Crippen molar-refractivity contribution in [1.29, 1.82) is 0 Å². The highest BCUT2D eigenvalue weighted by Gasteiger charge is 2.21. The molecule has 3 rings (SSSR count). The molecular weight excluding hydrogens is 250 g/mol. The summed E-state index contributed by atoms with van der Waals surface area (Å²) in [6.07, 6.45) is 0. The van der Waals surface area contributed by atoms with Crippen LogP contribution in [0.1, 0.15) is 18.8 Å². The number of aryl methyl sites for hydroxylation is 1. The lowest BCUT2D eigenvalue weighted by Crippen LogP contribution is -2.36. The number of nitrogens with one attached hydrogen (secondary N) is 1. The maximum Gasteiger partial charge on any atom is 0.129 e. The van der Waals surface area contributed by atoms with Gasteiger partial charge in [-0.25, -0.2) is 4.98 Å². The maximum absolute atomic E-state index is 6.02. The molecule has 4 nitrogen and oxygen atoms in total. The predicted octanol–water partition coefficient (Wildman–Crippen LogP) is 2.37. The van der Waals surface area contributed by atoms with Gasteiger partial charge in [-0.05, 0) is 25.1 Å². The number of hydrogen-bond donors (Lipinski definition) is 1. The Balaban J connectivity index is 2.09. The highest BCUT2D eigenvalue weighted by Crippen LogP contribution is 2.24.